The summed E-state index contributed by atoms with van der Waals surface area (Å²) in [4.78, 5) is 14.0. The van der Waals surface area contributed by atoms with Crippen LogP contribution in [0.1, 0.15) is 79.9 Å². The molecule has 1 heterocycles. The van der Waals surface area contributed by atoms with Crippen molar-refractivity contribution in [2.75, 3.05) is 13.7 Å². The minimum absolute atomic E-state index is 0.0146. The summed E-state index contributed by atoms with van der Waals surface area (Å²) in [6, 6.07) is 5.21. The molecule has 236 valence electrons. The number of alkyl halides is 9. The van der Waals surface area contributed by atoms with Gasteiger partial charge in [0.1, 0.15) is 11.9 Å². The third-order valence-corrected chi connectivity index (χ3v) is 8.03. The van der Waals surface area contributed by atoms with Gasteiger partial charge in [-0.05, 0) is 84.7 Å². The van der Waals surface area contributed by atoms with Gasteiger partial charge in [-0.25, -0.2) is 4.79 Å². The van der Waals surface area contributed by atoms with Crippen molar-refractivity contribution in [1.82, 2.24) is 4.90 Å². The van der Waals surface area contributed by atoms with Crippen molar-refractivity contribution in [3.8, 4) is 5.75 Å². The van der Waals surface area contributed by atoms with Crippen molar-refractivity contribution in [1.29, 1.82) is 0 Å². The van der Waals surface area contributed by atoms with E-state index < -0.39 is 65.8 Å². The molecular weight excluding hydrogens is 593 g/mol. The second-order valence-electron chi connectivity index (χ2n) is 11.2. The van der Waals surface area contributed by atoms with Crippen LogP contribution in [-0.4, -0.2) is 36.9 Å². The van der Waals surface area contributed by atoms with Gasteiger partial charge in [0.15, 0.2) is 0 Å². The van der Waals surface area contributed by atoms with Gasteiger partial charge in [0.25, 0.3) is 0 Å². The molecule has 3 atom stereocenters. The van der Waals surface area contributed by atoms with Gasteiger partial charge >= 0.3 is 24.6 Å². The summed E-state index contributed by atoms with van der Waals surface area (Å²) in [5.41, 5.74) is -1.39. The van der Waals surface area contributed by atoms with Crippen molar-refractivity contribution in [2.45, 2.75) is 76.6 Å². The highest BCUT2D eigenvalue weighted by molar-refractivity contribution is 5.77. The van der Waals surface area contributed by atoms with Gasteiger partial charge in [-0.2, -0.15) is 39.5 Å². The maximum atomic E-state index is 13.8. The third-order valence-electron chi connectivity index (χ3n) is 8.03. The number of rotatable bonds is 6. The number of ether oxygens (including phenoxy) is 2. The van der Waals surface area contributed by atoms with E-state index >= 15 is 0 Å². The monoisotopic (exact) mass is 623 g/mol. The Morgan fingerprint density at radius 1 is 0.953 bits per heavy atom. The molecule has 0 aromatic heterocycles. The fraction of sp³-hybridized carbons (Fsp3) is 0.500. The van der Waals surface area contributed by atoms with Crippen LogP contribution in [-0.2, 0) is 17.1 Å². The van der Waals surface area contributed by atoms with Crippen molar-refractivity contribution < 1.29 is 53.8 Å². The Kier molecular flexibility index (Phi) is 8.78. The first-order chi connectivity index (χ1) is 19.8. The summed E-state index contributed by atoms with van der Waals surface area (Å²) in [7, 11) is 1.42. The minimum Gasteiger partial charge on any atom is -0.496 e. The van der Waals surface area contributed by atoms with E-state index in [0.717, 1.165) is 10.5 Å². The topological polar surface area (TPSA) is 38.8 Å². The number of benzene rings is 2. The molecule has 0 bridgehead atoms. The van der Waals surface area contributed by atoms with Crippen LogP contribution in [0.4, 0.5) is 44.3 Å². The van der Waals surface area contributed by atoms with E-state index in [9.17, 15) is 44.3 Å². The molecule has 1 fully saturated rings. The van der Waals surface area contributed by atoms with E-state index in [0.29, 0.717) is 29.0 Å². The zero-order chi connectivity index (χ0) is 32.1. The lowest BCUT2D eigenvalue weighted by Gasteiger charge is -2.32. The van der Waals surface area contributed by atoms with Gasteiger partial charge in [0, 0.05) is 12.1 Å². The van der Waals surface area contributed by atoms with Crippen molar-refractivity contribution in [3.05, 3.63) is 69.8 Å². The molecule has 0 spiro atoms. The van der Waals surface area contributed by atoms with Gasteiger partial charge in [-0.15, -0.1) is 0 Å². The number of halogens is 9. The number of allylic oxidation sites excluding steroid dienone is 1. The number of carbonyl (C=O) groups is 1. The second kappa shape index (κ2) is 11.6. The first kappa shape index (κ1) is 32.5. The molecule has 13 heteroatoms. The Hall–Kier alpha value is -3.38. The largest absolute Gasteiger partial charge is 0.496 e. The minimum atomic E-state index is -5.11. The first-order valence-electron chi connectivity index (χ1n) is 13.5. The van der Waals surface area contributed by atoms with Crippen LogP contribution in [0.15, 0.2) is 42.0 Å². The fourth-order valence-corrected chi connectivity index (χ4v) is 5.61. The molecule has 2 aliphatic rings. The zero-order valence-corrected chi connectivity index (χ0v) is 23.7. The Bertz CT molecular complexity index is 1360. The van der Waals surface area contributed by atoms with E-state index in [1.54, 1.807) is 6.07 Å². The van der Waals surface area contributed by atoms with Gasteiger partial charge in [0.05, 0.1) is 30.2 Å². The number of amides is 1. The Labute approximate surface area is 242 Å². The highest BCUT2D eigenvalue weighted by atomic mass is 19.4. The Morgan fingerprint density at radius 3 is 2.07 bits per heavy atom. The van der Waals surface area contributed by atoms with E-state index in [4.69, 9.17) is 9.47 Å². The molecule has 0 radical (unpaired) electrons. The zero-order valence-electron chi connectivity index (χ0n) is 23.7. The smallest absolute Gasteiger partial charge is 0.416 e. The lowest BCUT2D eigenvalue weighted by atomic mass is 9.79. The molecule has 4 nitrogen and oxygen atoms in total. The molecule has 1 saturated heterocycles. The molecule has 1 aliphatic carbocycles. The predicted octanol–water partition coefficient (Wildman–Crippen LogP) is 9.55. The number of nitrogens with zero attached hydrogens (tertiary/aromatic N) is 1. The lowest BCUT2D eigenvalue weighted by molar-refractivity contribution is -0.176. The summed E-state index contributed by atoms with van der Waals surface area (Å²) < 4.78 is 133. The van der Waals surface area contributed by atoms with Crippen LogP contribution in [0, 0.1) is 5.92 Å². The summed E-state index contributed by atoms with van der Waals surface area (Å²) in [5, 5.41) is 0. The number of carbonyl (C=O) groups excluding carboxylic acids is 1. The third kappa shape index (κ3) is 6.90. The number of methoxy groups -OCH3 is 1. The molecule has 1 aliphatic heterocycles. The van der Waals surface area contributed by atoms with Gasteiger partial charge in [-0.3, -0.25) is 4.90 Å². The van der Waals surface area contributed by atoms with Crippen LogP contribution < -0.4 is 4.74 Å². The molecule has 2 aromatic carbocycles. The lowest BCUT2D eigenvalue weighted by Crippen LogP contribution is -2.36. The van der Waals surface area contributed by atoms with Crippen LogP contribution in [0.2, 0.25) is 0 Å². The molecule has 4 rings (SSSR count). The van der Waals surface area contributed by atoms with Crippen LogP contribution >= 0.6 is 0 Å². The second-order valence-corrected chi connectivity index (χ2v) is 11.2. The molecule has 0 saturated carbocycles. The number of hydrogen-bond acceptors (Lipinski definition) is 3. The number of hydrogen-bond donors (Lipinski definition) is 0. The fourth-order valence-electron chi connectivity index (χ4n) is 5.61. The number of cyclic esters (lactones) is 1. The standard InChI is InChI=1S/C30H30F9NO3/c1-15(2)17-5-8-25(42-4)24(12-17)23-7-6-20(28(31,32)33)11-19(23)14-40-16(3)26(43-27(40)41)18-9-21(29(34,35)36)13-22(10-18)30(37,38)39/h5,8-10,12-13,15-16,20,26H,6-7,11,14H2,1-4H3/t16-,20?,26-/m0/s1. The van der Waals surface area contributed by atoms with E-state index in [2.05, 4.69) is 0 Å². The average molecular weight is 624 g/mol. The van der Waals surface area contributed by atoms with E-state index in [1.807, 2.05) is 26.0 Å². The van der Waals surface area contributed by atoms with Gasteiger partial charge < -0.3 is 9.47 Å². The van der Waals surface area contributed by atoms with Gasteiger partial charge in [0.2, 0.25) is 0 Å². The normalized spacial score (nSPS) is 22.0. The molecule has 43 heavy (non-hydrogen) atoms. The van der Waals surface area contributed by atoms with Crippen molar-refractivity contribution in [3.63, 3.8) is 0 Å². The van der Waals surface area contributed by atoms with Crippen molar-refractivity contribution >= 4 is 11.7 Å². The molecule has 2 aromatic rings. The highest BCUT2D eigenvalue weighted by Gasteiger charge is 2.46. The van der Waals surface area contributed by atoms with E-state index in [1.165, 1.54) is 14.0 Å². The first-order valence-corrected chi connectivity index (χ1v) is 13.5. The summed E-state index contributed by atoms with van der Waals surface area (Å²) >= 11 is 0. The maximum Gasteiger partial charge on any atom is 0.416 e. The predicted molar refractivity (Wildman–Crippen MR) is 139 cm³/mol. The molecule has 1 unspecified atom stereocenters. The highest BCUT2D eigenvalue weighted by Crippen LogP contribution is 2.47. The summed E-state index contributed by atoms with van der Waals surface area (Å²) in [5.74, 6) is -1.20. The quantitative estimate of drug-likeness (QED) is 0.301. The van der Waals surface area contributed by atoms with Crippen molar-refractivity contribution in [2.24, 2.45) is 5.92 Å². The maximum absolute atomic E-state index is 13.8. The molecular formula is C30H30F9NO3. The average Bonchev–Trinajstić information content (AvgIpc) is 3.19. The van der Waals surface area contributed by atoms with Crippen LogP contribution in [0.5, 0.6) is 5.75 Å². The molecule has 0 N–H and O–H groups in total. The molecule has 1 amide bonds. The van der Waals surface area contributed by atoms with E-state index in [-0.39, 0.29) is 36.9 Å². The Balaban J connectivity index is 1.76. The van der Waals surface area contributed by atoms with Crippen LogP contribution in [0.25, 0.3) is 5.57 Å². The van der Waals surface area contributed by atoms with Crippen LogP contribution in [0.3, 0.4) is 0 Å². The van der Waals surface area contributed by atoms with Gasteiger partial charge in [-0.1, -0.05) is 19.9 Å². The summed E-state index contributed by atoms with van der Waals surface area (Å²) in [6.45, 7) is 4.90. The Morgan fingerprint density at radius 2 is 1.56 bits per heavy atom. The SMILES string of the molecule is COc1ccc(C(C)C)cc1C1=C(CN2C(=O)O[C@H](c3cc(C(F)(F)F)cc(C(F)(F)F)c3)[C@@H]2C)CC(C(F)(F)F)CC1. The summed E-state index contributed by atoms with van der Waals surface area (Å²) in [6.07, 6.45) is -18.0.